The van der Waals surface area contributed by atoms with Crippen LogP contribution >= 0.6 is 0 Å². The van der Waals surface area contributed by atoms with E-state index in [0.29, 0.717) is 18.9 Å². The Hall–Kier alpha value is -2.10. The molecule has 1 aromatic carbocycles. The van der Waals surface area contributed by atoms with Gasteiger partial charge in [-0.2, -0.15) is 0 Å². The topological polar surface area (TPSA) is 55.1 Å². The molecule has 0 radical (unpaired) electrons. The van der Waals surface area contributed by atoms with Crippen LogP contribution in [0.1, 0.15) is 37.8 Å². The van der Waals surface area contributed by atoms with Gasteiger partial charge in [0.05, 0.1) is 5.69 Å². The van der Waals surface area contributed by atoms with Gasteiger partial charge in [0.25, 0.3) is 0 Å². The smallest absolute Gasteiger partial charge is 0.226 e. The van der Waals surface area contributed by atoms with Crippen molar-refractivity contribution in [2.75, 3.05) is 6.54 Å². The van der Waals surface area contributed by atoms with Crippen LogP contribution in [0.4, 0.5) is 0 Å². The Balaban J connectivity index is 2.01. The van der Waals surface area contributed by atoms with Gasteiger partial charge in [-0.3, -0.25) is 4.79 Å². The summed E-state index contributed by atoms with van der Waals surface area (Å²) >= 11 is 0. The highest BCUT2D eigenvalue weighted by Crippen LogP contribution is 2.22. The van der Waals surface area contributed by atoms with E-state index in [1.807, 2.05) is 58.9 Å². The van der Waals surface area contributed by atoms with Crippen molar-refractivity contribution in [1.29, 1.82) is 0 Å². The Kier molecular flexibility index (Phi) is 4.69. The molecule has 0 aliphatic carbocycles. The summed E-state index contributed by atoms with van der Waals surface area (Å²) in [6.07, 6.45) is 0.670. The second-order valence-corrected chi connectivity index (χ2v) is 6.64. The van der Waals surface area contributed by atoms with Crippen LogP contribution in [0.25, 0.3) is 11.5 Å². The summed E-state index contributed by atoms with van der Waals surface area (Å²) in [5, 5.41) is 2.93. The lowest BCUT2D eigenvalue weighted by Crippen LogP contribution is -2.36. The molecule has 0 bridgehead atoms. The van der Waals surface area contributed by atoms with Crippen LogP contribution in [0, 0.1) is 19.3 Å². The molecule has 1 heterocycles. The molecule has 0 aliphatic rings. The van der Waals surface area contributed by atoms with Crippen molar-refractivity contribution >= 4 is 5.91 Å². The molecule has 0 saturated heterocycles. The molecule has 0 unspecified atom stereocenters. The first-order chi connectivity index (χ1) is 10.3. The summed E-state index contributed by atoms with van der Waals surface area (Å²) in [5.41, 5.74) is 2.70. The number of benzene rings is 1. The van der Waals surface area contributed by atoms with Crippen molar-refractivity contribution < 1.29 is 9.21 Å². The second kappa shape index (κ2) is 6.34. The first-order valence-electron chi connectivity index (χ1n) is 7.59. The number of carbonyl (C=O) groups excluding carboxylic acids is 1. The minimum Gasteiger partial charge on any atom is -0.441 e. The van der Waals surface area contributed by atoms with E-state index in [4.69, 9.17) is 4.42 Å². The number of nitrogens with one attached hydrogen (secondary N) is 1. The number of aryl methyl sites for hydroxylation is 2. The number of rotatable bonds is 4. The minimum absolute atomic E-state index is 0.0485. The lowest BCUT2D eigenvalue weighted by molar-refractivity contribution is -0.128. The van der Waals surface area contributed by atoms with Gasteiger partial charge in [0.15, 0.2) is 0 Å². The number of nitrogens with zero attached hydrogens (tertiary/aromatic N) is 1. The van der Waals surface area contributed by atoms with Gasteiger partial charge in [-0.25, -0.2) is 4.98 Å². The molecule has 1 aromatic heterocycles. The van der Waals surface area contributed by atoms with Gasteiger partial charge in [-0.1, -0.05) is 38.5 Å². The number of hydrogen-bond acceptors (Lipinski definition) is 3. The van der Waals surface area contributed by atoms with Crippen molar-refractivity contribution in [3.8, 4) is 11.5 Å². The van der Waals surface area contributed by atoms with E-state index in [2.05, 4.69) is 10.3 Å². The first-order valence-corrected chi connectivity index (χ1v) is 7.59. The molecule has 22 heavy (non-hydrogen) atoms. The summed E-state index contributed by atoms with van der Waals surface area (Å²) in [7, 11) is 0. The Morgan fingerprint density at radius 2 is 1.82 bits per heavy atom. The van der Waals surface area contributed by atoms with Crippen molar-refractivity contribution in [3.63, 3.8) is 0 Å². The van der Waals surface area contributed by atoms with E-state index < -0.39 is 0 Å². The highest BCUT2D eigenvalue weighted by Gasteiger charge is 2.20. The number of amides is 1. The maximum absolute atomic E-state index is 11.8. The molecular weight excluding hydrogens is 276 g/mol. The van der Waals surface area contributed by atoms with Gasteiger partial charge in [-0.05, 0) is 26.0 Å². The fourth-order valence-electron chi connectivity index (χ4n) is 2.04. The average Bonchev–Trinajstić information content (AvgIpc) is 2.80. The van der Waals surface area contributed by atoms with E-state index >= 15 is 0 Å². The third-order valence-electron chi connectivity index (χ3n) is 3.52. The molecule has 1 N–H and O–H groups in total. The standard InChI is InChI=1S/C18H24N2O2/c1-12-6-8-14(9-7-12)16-20-15(13(2)22-16)10-11-19-17(21)18(3,4)5/h6-9H,10-11H2,1-5H3,(H,19,21). The molecule has 1 amide bonds. The molecule has 0 aliphatic heterocycles. The minimum atomic E-state index is -0.369. The molecule has 0 fully saturated rings. The zero-order valence-corrected chi connectivity index (χ0v) is 14.0. The van der Waals surface area contributed by atoms with Crippen molar-refractivity contribution in [2.24, 2.45) is 5.41 Å². The SMILES string of the molecule is Cc1ccc(-c2nc(CCNC(=O)C(C)(C)C)c(C)o2)cc1. The second-order valence-electron chi connectivity index (χ2n) is 6.64. The lowest BCUT2D eigenvalue weighted by Gasteiger charge is -2.17. The van der Waals surface area contributed by atoms with Gasteiger partial charge in [0, 0.05) is 23.9 Å². The molecule has 2 aromatic rings. The van der Waals surface area contributed by atoms with Crippen LogP contribution in [0.3, 0.4) is 0 Å². The quantitative estimate of drug-likeness (QED) is 0.937. The maximum atomic E-state index is 11.8. The summed E-state index contributed by atoms with van der Waals surface area (Å²) < 4.78 is 5.74. The van der Waals surface area contributed by atoms with Gasteiger partial charge < -0.3 is 9.73 Å². The zero-order valence-electron chi connectivity index (χ0n) is 14.0. The Labute approximate surface area is 131 Å². The number of hydrogen-bond donors (Lipinski definition) is 1. The molecule has 4 nitrogen and oxygen atoms in total. The fourth-order valence-corrected chi connectivity index (χ4v) is 2.04. The number of carbonyl (C=O) groups is 1. The Bertz CT molecular complexity index is 649. The number of oxazole rings is 1. The van der Waals surface area contributed by atoms with Crippen LogP contribution < -0.4 is 5.32 Å². The van der Waals surface area contributed by atoms with Crippen molar-refractivity contribution in [2.45, 2.75) is 41.0 Å². The third kappa shape index (κ3) is 3.97. The van der Waals surface area contributed by atoms with Gasteiger partial charge >= 0.3 is 0 Å². The van der Waals surface area contributed by atoms with Crippen LogP contribution in [0.15, 0.2) is 28.7 Å². The van der Waals surface area contributed by atoms with Crippen molar-refractivity contribution in [1.82, 2.24) is 10.3 Å². The van der Waals surface area contributed by atoms with Crippen LogP contribution in [0.5, 0.6) is 0 Å². The highest BCUT2D eigenvalue weighted by atomic mass is 16.4. The number of aromatic nitrogens is 1. The molecule has 4 heteroatoms. The molecule has 2 rings (SSSR count). The third-order valence-corrected chi connectivity index (χ3v) is 3.52. The van der Waals surface area contributed by atoms with E-state index in [1.165, 1.54) is 5.56 Å². The van der Waals surface area contributed by atoms with E-state index in [1.54, 1.807) is 0 Å². The largest absolute Gasteiger partial charge is 0.441 e. The average molecular weight is 300 g/mol. The van der Waals surface area contributed by atoms with E-state index in [-0.39, 0.29) is 11.3 Å². The summed E-state index contributed by atoms with van der Waals surface area (Å²) in [6.45, 7) is 10.2. The maximum Gasteiger partial charge on any atom is 0.226 e. The Morgan fingerprint density at radius 1 is 1.18 bits per heavy atom. The van der Waals surface area contributed by atoms with Crippen LogP contribution in [-0.4, -0.2) is 17.4 Å². The first kappa shape index (κ1) is 16.3. The molecule has 0 saturated carbocycles. The highest BCUT2D eigenvalue weighted by molar-refractivity contribution is 5.81. The predicted molar refractivity (Wildman–Crippen MR) is 87.6 cm³/mol. The van der Waals surface area contributed by atoms with Gasteiger partial charge in [-0.15, -0.1) is 0 Å². The Morgan fingerprint density at radius 3 is 2.41 bits per heavy atom. The molecule has 0 spiro atoms. The van der Waals surface area contributed by atoms with E-state index in [0.717, 1.165) is 17.0 Å². The zero-order chi connectivity index (χ0) is 16.3. The molecule has 118 valence electrons. The van der Waals surface area contributed by atoms with Gasteiger partial charge in [0.1, 0.15) is 5.76 Å². The van der Waals surface area contributed by atoms with E-state index in [9.17, 15) is 4.79 Å². The lowest BCUT2D eigenvalue weighted by atomic mass is 9.96. The summed E-state index contributed by atoms with van der Waals surface area (Å²) in [4.78, 5) is 16.4. The normalized spacial score (nSPS) is 11.5. The summed E-state index contributed by atoms with van der Waals surface area (Å²) in [6, 6.07) is 8.09. The van der Waals surface area contributed by atoms with Crippen molar-refractivity contribution in [3.05, 3.63) is 41.3 Å². The molecular formula is C18H24N2O2. The van der Waals surface area contributed by atoms with Crippen LogP contribution in [-0.2, 0) is 11.2 Å². The van der Waals surface area contributed by atoms with Crippen LogP contribution in [0.2, 0.25) is 0 Å². The summed E-state index contributed by atoms with van der Waals surface area (Å²) in [5.74, 6) is 1.49. The molecule has 0 atom stereocenters. The predicted octanol–water partition coefficient (Wildman–Crippen LogP) is 3.66. The fraction of sp³-hybridized carbons (Fsp3) is 0.444. The monoisotopic (exact) mass is 300 g/mol. The van der Waals surface area contributed by atoms with Gasteiger partial charge in [0.2, 0.25) is 11.8 Å².